The molecule has 1 N–H and O–H groups in total. The molecular formula is C24H26N7. The molecule has 4 heterocycles. The van der Waals surface area contributed by atoms with E-state index in [0.717, 1.165) is 52.5 Å². The predicted octanol–water partition coefficient (Wildman–Crippen LogP) is 4.45. The lowest BCUT2D eigenvalue weighted by Crippen LogP contribution is -2.25. The van der Waals surface area contributed by atoms with E-state index in [1.54, 1.807) is 17.2 Å². The van der Waals surface area contributed by atoms with Crippen LogP contribution in [0.1, 0.15) is 50.3 Å². The molecule has 1 aromatic carbocycles. The Bertz CT molecular complexity index is 1260. The summed E-state index contributed by atoms with van der Waals surface area (Å²) >= 11 is 0. The molecule has 0 saturated carbocycles. The summed E-state index contributed by atoms with van der Waals surface area (Å²) in [6.07, 6.45) is 7.25. The van der Waals surface area contributed by atoms with E-state index in [0.29, 0.717) is 0 Å². The van der Waals surface area contributed by atoms with Crippen molar-refractivity contribution < 1.29 is 0 Å². The van der Waals surface area contributed by atoms with Gasteiger partial charge in [-0.05, 0) is 42.5 Å². The van der Waals surface area contributed by atoms with Crippen LogP contribution in [-0.2, 0) is 5.41 Å². The van der Waals surface area contributed by atoms with Crippen LogP contribution in [0.5, 0.6) is 0 Å². The number of hydrogen-bond acceptors (Lipinski definition) is 5. The summed E-state index contributed by atoms with van der Waals surface area (Å²) in [4.78, 5) is 16.8. The Balaban J connectivity index is 1.59. The first-order chi connectivity index (χ1) is 14.8. The highest BCUT2D eigenvalue weighted by Crippen LogP contribution is 2.40. The maximum absolute atomic E-state index is 4.99. The number of benzene rings is 1. The van der Waals surface area contributed by atoms with E-state index in [2.05, 4.69) is 82.9 Å². The van der Waals surface area contributed by atoms with Crippen LogP contribution in [-0.4, -0.2) is 36.5 Å². The smallest absolute Gasteiger partial charge is 0.137 e. The lowest BCUT2D eigenvalue weighted by molar-refractivity contribution is 0.591. The fraction of sp³-hybridized carbons (Fsp3) is 0.333. The van der Waals surface area contributed by atoms with E-state index < -0.39 is 0 Å². The Labute approximate surface area is 181 Å². The second-order valence-electron chi connectivity index (χ2n) is 9.26. The number of nitrogens with one attached hydrogen (secondary N) is 1. The number of fused-ring (bicyclic) bond motifs is 1. The van der Waals surface area contributed by atoms with Gasteiger partial charge in [-0.15, -0.1) is 4.80 Å². The molecule has 31 heavy (non-hydrogen) atoms. The van der Waals surface area contributed by atoms with E-state index >= 15 is 0 Å². The lowest BCUT2D eigenvalue weighted by atomic mass is 9.87. The molecule has 0 unspecified atom stereocenters. The largest absolute Gasteiger partial charge is 0.355 e. The number of anilines is 1. The third-order valence-electron chi connectivity index (χ3n) is 5.79. The lowest BCUT2D eigenvalue weighted by Gasteiger charge is -2.26. The minimum atomic E-state index is 0.0440. The zero-order valence-electron chi connectivity index (χ0n) is 18.3. The van der Waals surface area contributed by atoms with Gasteiger partial charge in [0.2, 0.25) is 0 Å². The van der Waals surface area contributed by atoms with Crippen LogP contribution in [0.25, 0.3) is 16.7 Å². The molecule has 1 radical (unpaired) electrons. The number of aromatic amines is 1. The molecule has 0 bridgehead atoms. The molecule has 4 aromatic rings. The molecule has 0 aliphatic carbocycles. The molecule has 1 aliphatic rings. The Hall–Kier alpha value is -3.48. The quantitative estimate of drug-likeness (QED) is 0.503. The van der Waals surface area contributed by atoms with Crippen LogP contribution < -0.4 is 4.90 Å². The number of hydrogen-bond donors (Lipinski definition) is 1. The van der Waals surface area contributed by atoms with Crippen molar-refractivity contribution in [3.63, 3.8) is 0 Å². The summed E-state index contributed by atoms with van der Waals surface area (Å²) in [6.45, 7) is 13.6. The van der Waals surface area contributed by atoms with Crippen LogP contribution in [0.15, 0.2) is 48.8 Å². The topological polar surface area (TPSA) is 75.5 Å². The average Bonchev–Trinajstić information content (AvgIpc) is 3.45. The summed E-state index contributed by atoms with van der Waals surface area (Å²) in [5.41, 5.74) is 7.15. The second kappa shape index (κ2) is 7.04. The van der Waals surface area contributed by atoms with Gasteiger partial charge in [0.15, 0.2) is 0 Å². The molecule has 1 saturated heterocycles. The zero-order chi connectivity index (χ0) is 21.8. The molecule has 5 rings (SSSR count). The van der Waals surface area contributed by atoms with E-state index in [4.69, 9.17) is 4.98 Å². The number of pyridine rings is 1. The second-order valence-corrected chi connectivity index (χ2v) is 9.26. The standard InChI is InChI=1S/C24H26N7/c1-15-10-21(23-28-18-7-6-17(24(3,4)5)12-19(18)29-23)30(14-15)20-11-16(2)25-13-22(20)31-26-8-9-27-31/h6-9,11-12,21H,1,10,14H2,2-5H3,(H,28,29)/t21-/m0/s1. The molecule has 0 spiro atoms. The Morgan fingerprint density at radius 2 is 1.94 bits per heavy atom. The summed E-state index contributed by atoms with van der Waals surface area (Å²) in [6, 6.07) is 8.60. The van der Waals surface area contributed by atoms with Gasteiger partial charge in [-0.1, -0.05) is 39.0 Å². The van der Waals surface area contributed by atoms with Crippen molar-refractivity contribution >= 4 is 16.7 Å². The van der Waals surface area contributed by atoms with Gasteiger partial charge in [-0.2, -0.15) is 10.2 Å². The maximum atomic E-state index is 4.99. The first kappa shape index (κ1) is 19.5. The van der Waals surface area contributed by atoms with E-state index in [1.807, 2.05) is 6.92 Å². The first-order valence-corrected chi connectivity index (χ1v) is 10.5. The Kier molecular flexibility index (Phi) is 4.43. The molecule has 7 nitrogen and oxygen atoms in total. The van der Waals surface area contributed by atoms with Gasteiger partial charge in [0.25, 0.3) is 0 Å². The number of aromatic nitrogens is 6. The normalized spacial score (nSPS) is 17.1. The molecule has 3 aromatic heterocycles. The van der Waals surface area contributed by atoms with Crippen molar-refractivity contribution in [2.45, 2.75) is 45.6 Å². The number of aryl methyl sites for hydroxylation is 1. The summed E-state index contributed by atoms with van der Waals surface area (Å²) < 4.78 is 0. The van der Waals surface area contributed by atoms with Gasteiger partial charge >= 0.3 is 0 Å². The maximum Gasteiger partial charge on any atom is 0.137 e. The number of H-pyrrole nitrogens is 1. The van der Waals surface area contributed by atoms with Crippen molar-refractivity contribution in [1.29, 1.82) is 0 Å². The fourth-order valence-corrected chi connectivity index (χ4v) is 4.14. The molecule has 157 valence electrons. The van der Waals surface area contributed by atoms with Crippen molar-refractivity contribution in [3.8, 4) is 5.69 Å². The Morgan fingerprint density at radius 1 is 1.16 bits per heavy atom. The van der Waals surface area contributed by atoms with Gasteiger partial charge in [0.1, 0.15) is 17.7 Å². The van der Waals surface area contributed by atoms with Crippen LogP contribution in [0.4, 0.5) is 5.69 Å². The number of nitrogens with zero attached hydrogens (tertiary/aromatic N) is 6. The van der Waals surface area contributed by atoms with Gasteiger partial charge in [0.05, 0.1) is 35.2 Å². The highest BCUT2D eigenvalue weighted by atomic mass is 15.5. The summed E-state index contributed by atoms with van der Waals surface area (Å²) in [7, 11) is 0. The van der Waals surface area contributed by atoms with Crippen molar-refractivity contribution in [2.75, 3.05) is 11.4 Å². The molecule has 0 amide bonds. The fourth-order valence-electron chi connectivity index (χ4n) is 4.14. The highest BCUT2D eigenvalue weighted by molar-refractivity contribution is 5.77. The van der Waals surface area contributed by atoms with Gasteiger partial charge in [-0.25, -0.2) is 9.97 Å². The summed E-state index contributed by atoms with van der Waals surface area (Å²) in [5, 5.41) is 8.59. The molecule has 1 aliphatic heterocycles. The zero-order valence-corrected chi connectivity index (χ0v) is 18.3. The van der Waals surface area contributed by atoms with E-state index in [-0.39, 0.29) is 11.5 Å². The third kappa shape index (κ3) is 3.50. The molecule has 1 fully saturated rings. The van der Waals surface area contributed by atoms with Gasteiger partial charge in [-0.3, -0.25) is 0 Å². The van der Waals surface area contributed by atoms with Crippen LogP contribution in [0, 0.1) is 13.1 Å². The van der Waals surface area contributed by atoms with Gasteiger partial charge in [0, 0.05) is 12.2 Å². The van der Waals surface area contributed by atoms with E-state index in [1.165, 1.54) is 5.56 Å². The minimum absolute atomic E-state index is 0.0440. The predicted molar refractivity (Wildman–Crippen MR) is 121 cm³/mol. The molecular weight excluding hydrogens is 386 g/mol. The molecule has 1 atom stereocenters. The number of rotatable bonds is 3. The average molecular weight is 413 g/mol. The Morgan fingerprint density at radius 3 is 2.68 bits per heavy atom. The van der Waals surface area contributed by atoms with Crippen LogP contribution >= 0.6 is 0 Å². The van der Waals surface area contributed by atoms with Crippen LogP contribution in [0.3, 0.4) is 0 Å². The van der Waals surface area contributed by atoms with Crippen molar-refractivity contribution in [3.05, 3.63) is 72.1 Å². The van der Waals surface area contributed by atoms with Gasteiger partial charge < -0.3 is 9.88 Å². The van der Waals surface area contributed by atoms with Crippen LogP contribution in [0.2, 0.25) is 0 Å². The first-order valence-electron chi connectivity index (χ1n) is 10.5. The highest BCUT2D eigenvalue weighted by Gasteiger charge is 2.33. The van der Waals surface area contributed by atoms with Crippen molar-refractivity contribution in [2.24, 2.45) is 0 Å². The minimum Gasteiger partial charge on any atom is -0.355 e. The third-order valence-corrected chi connectivity index (χ3v) is 5.79. The van der Waals surface area contributed by atoms with Crippen molar-refractivity contribution in [1.82, 2.24) is 29.9 Å². The monoisotopic (exact) mass is 412 g/mol. The molecule has 7 heteroatoms. The SMILES string of the molecule is C=C1C[C@@H](c2nc3cc(C(C)(C)C)ccc3[nH]2)N(c2cc(C)n[c]c2-n2nccn2)C1. The number of imidazole rings is 1. The van der Waals surface area contributed by atoms with E-state index in [9.17, 15) is 0 Å². The summed E-state index contributed by atoms with van der Waals surface area (Å²) in [5.74, 6) is 0.938.